The minimum absolute atomic E-state index is 0.0501. The van der Waals surface area contributed by atoms with Gasteiger partial charge in [-0.15, -0.1) is 0 Å². The van der Waals surface area contributed by atoms with Gasteiger partial charge < -0.3 is 9.84 Å². The summed E-state index contributed by atoms with van der Waals surface area (Å²) in [7, 11) is 0. The van der Waals surface area contributed by atoms with Crippen molar-refractivity contribution in [2.45, 2.75) is 0 Å². The minimum Gasteiger partial charge on any atom is -0.476 e. The Morgan fingerprint density at radius 2 is 2.38 bits per heavy atom. The number of carboxylic acids is 1. The summed E-state index contributed by atoms with van der Waals surface area (Å²) in [5, 5.41) is 11.1. The molecule has 0 atom stereocenters. The molecule has 1 amide bonds. The fraction of sp³-hybridized carbons (Fsp3) is 0.100. The van der Waals surface area contributed by atoms with Crippen molar-refractivity contribution in [1.82, 2.24) is 4.98 Å². The van der Waals surface area contributed by atoms with E-state index in [1.807, 2.05) is 0 Å². The number of anilines is 1. The topological polar surface area (TPSA) is 88.5 Å². The highest BCUT2D eigenvalue weighted by Gasteiger charge is 2.13. The lowest BCUT2D eigenvalue weighted by Gasteiger charge is -2.06. The average molecular weight is 222 g/mol. The Bertz CT molecular complexity index is 417. The third-order valence-electron chi connectivity index (χ3n) is 1.58. The van der Waals surface area contributed by atoms with Crippen molar-refractivity contribution in [3.63, 3.8) is 0 Å². The van der Waals surface area contributed by atoms with E-state index in [-0.39, 0.29) is 18.0 Å². The third kappa shape index (κ3) is 3.09. The minimum atomic E-state index is -1.22. The highest BCUT2D eigenvalue weighted by molar-refractivity contribution is 5.96. The van der Waals surface area contributed by atoms with Crippen LogP contribution in [-0.4, -0.2) is 28.8 Å². The van der Waals surface area contributed by atoms with Crippen LogP contribution in [0.15, 0.2) is 31.0 Å². The van der Waals surface area contributed by atoms with Crippen molar-refractivity contribution in [1.29, 1.82) is 0 Å². The molecule has 16 heavy (non-hydrogen) atoms. The standard InChI is InChI=1S/C10H10N2O4/c1-2-6-16-10(15)12-7-4-3-5-11-8(7)9(13)14/h2-5H,1,6H2,(H,12,15)(H,13,14). The van der Waals surface area contributed by atoms with Crippen LogP contribution in [0.1, 0.15) is 10.5 Å². The summed E-state index contributed by atoms with van der Waals surface area (Å²) in [5.41, 5.74) is -0.151. The van der Waals surface area contributed by atoms with E-state index in [0.29, 0.717) is 0 Å². The van der Waals surface area contributed by atoms with Gasteiger partial charge in [0.05, 0.1) is 5.69 Å². The van der Waals surface area contributed by atoms with Gasteiger partial charge in [-0.3, -0.25) is 5.32 Å². The molecule has 1 aromatic rings. The first-order chi connectivity index (χ1) is 7.65. The van der Waals surface area contributed by atoms with Gasteiger partial charge in [-0.1, -0.05) is 12.7 Å². The molecule has 0 saturated heterocycles. The molecule has 6 heteroatoms. The van der Waals surface area contributed by atoms with Crippen molar-refractivity contribution in [3.05, 3.63) is 36.7 Å². The van der Waals surface area contributed by atoms with Crippen molar-refractivity contribution in [3.8, 4) is 0 Å². The Balaban J connectivity index is 2.76. The molecule has 0 bridgehead atoms. The molecular weight excluding hydrogens is 212 g/mol. The molecule has 0 spiro atoms. The van der Waals surface area contributed by atoms with Gasteiger partial charge in [-0.05, 0) is 12.1 Å². The van der Waals surface area contributed by atoms with Crippen LogP contribution in [0.3, 0.4) is 0 Å². The number of hydrogen-bond acceptors (Lipinski definition) is 4. The summed E-state index contributed by atoms with van der Waals surface area (Å²) in [4.78, 5) is 25.5. The van der Waals surface area contributed by atoms with Gasteiger partial charge >= 0.3 is 12.1 Å². The normalized spacial score (nSPS) is 9.25. The van der Waals surface area contributed by atoms with Crippen LogP contribution >= 0.6 is 0 Å². The van der Waals surface area contributed by atoms with Gasteiger partial charge in [0, 0.05) is 6.20 Å². The molecule has 0 aliphatic carbocycles. The Morgan fingerprint density at radius 3 is 3.00 bits per heavy atom. The lowest BCUT2D eigenvalue weighted by Crippen LogP contribution is -2.16. The zero-order valence-electron chi connectivity index (χ0n) is 8.34. The third-order valence-corrected chi connectivity index (χ3v) is 1.58. The van der Waals surface area contributed by atoms with Crippen LogP contribution in [0, 0.1) is 0 Å². The second-order valence-electron chi connectivity index (χ2n) is 2.72. The molecule has 84 valence electrons. The Hall–Kier alpha value is -2.37. The van der Waals surface area contributed by atoms with E-state index in [2.05, 4.69) is 21.6 Å². The number of amides is 1. The number of nitrogens with one attached hydrogen (secondary N) is 1. The summed E-state index contributed by atoms with van der Waals surface area (Å²) in [6.07, 6.45) is 1.97. The maximum Gasteiger partial charge on any atom is 0.412 e. The predicted octanol–water partition coefficient (Wildman–Crippen LogP) is 1.51. The highest BCUT2D eigenvalue weighted by Crippen LogP contribution is 2.12. The molecule has 1 heterocycles. The maximum atomic E-state index is 11.1. The zero-order chi connectivity index (χ0) is 12.0. The van der Waals surface area contributed by atoms with E-state index < -0.39 is 12.1 Å². The quantitative estimate of drug-likeness (QED) is 0.754. The number of aromatic nitrogens is 1. The van der Waals surface area contributed by atoms with Crippen LogP contribution in [0.4, 0.5) is 10.5 Å². The summed E-state index contributed by atoms with van der Waals surface area (Å²) < 4.78 is 4.64. The van der Waals surface area contributed by atoms with E-state index in [1.54, 1.807) is 0 Å². The number of hydrogen-bond donors (Lipinski definition) is 2. The first-order valence-electron chi connectivity index (χ1n) is 4.38. The summed E-state index contributed by atoms with van der Waals surface area (Å²) in [5.74, 6) is -1.22. The number of pyridine rings is 1. The number of nitrogens with zero attached hydrogens (tertiary/aromatic N) is 1. The van der Waals surface area contributed by atoms with Crippen molar-refractivity contribution < 1.29 is 19.4 Å². The molecule has 6 nitrogen and oxygen atoms in total. The van der Waals surface area contributed by atoms with Gasteiger partial charge in [-0.2, -0.15) is 0 Å². The van der Waals surface area contributed by atoms with Gasteiger partial charge in [0.1, 0.15) is 6.61 Å². The molecule has 0 aromatic carbocycles. The molecule has 0 radical (unpaired) electrons. The first-order valence-corrected chi connectivity index (χ1v) is 4.38. The Morgan fingerprint density at radius 1 is 1.62 bits per heavy atom. The molecule has 0 aliphatic rings. The number of carbonyl (C=O) groups is 2. The number of aromatic carboxylic acids is 1. The number of carbonyl (C=O) groups excluding carboxylic acids is 1. The van der Waals surface area contributed by atoms with E-state index in [1.165, 1.54) is 24.4 Å². The lowest BCUT2D eigenvalue weighted by atomic mass is 10.3. The van der Waals surface area contributed by atoms with E-state index in [4.69, 9.17) is 5.11 Å². The Labute approximate surface area is 91.6 Å². The number of rotatable bonds is 4. The number of carboxylic acid groups (broad SMARTS) is 1. The summed E-state index contributed by atoms with van der Waals surface area (Å²) >= 11 is 0. The maximum absolute atomic E-state index is 11.1. The van der Waals surface area contributed by atoms with E-state index in [0.717, 1.165) is 0 Å². The highest BCUT2D eigenvalue weighted by atomic mass is 16.5. The number of ether oxygens (including phenoxy) is 1. The molecule has 1 aromatic heterocycles. The van der Waals surface area contributed by atoms with E-state index >= 15 is 0 Å². The SMILES string of the molecule is C=CCOC(=O)Nc1cccnc1C(=O)O. The average Bonchev–Trinajstić information content (AvgIpc) is 2.27. The van der Waals surface area contributed by atoms with Crippen molar-refractivity contribution >= 4 is 17.7 Å². The van der Waals surface area contributed by atoms with Gasteiger partial charge in [-0.25, -0.2) is 14.6 Å². The summed E-state index contributed by atoms with van der Waals surface area (Å²) in [6, 6.07) is 2.93. The van der Waals surface area contributed by atoms with Gasteiger partial charge in [0.25, 0.3) is 0 Å². The largest absolute Gasteiger partial charge is 0.476 e. The second-order valence-corrected chi connectivity index (χ2v) is 2.72. The first kappa shape index (κ1) is 11.7. The predicted molar refractivity (Wildman–Crippen MR) is 56.4 cm³/mol. The molecular formula is C10H10N2O4. The summed E-state index contributed by atoms with van der Waals surface area (Å²) in [6.45, 7) is 3.42. The fourth-order valence-electron chi connectivity index (χ4n) is 0.957. The van der Waals surface area contributed by atoms with Gasteiger partial charge in [0.2, 0.25) is 0 Å². The van der Waals surface area contributed by atoms with Gasteiger partial charge in [0.15, 0.2) is 5.69 Å². The van der Waals surface area contributed by atoms with E-state index in [9.17, 15) is 9.59 Å². The smallest absolute Gasteiger partial charge is 0.412 e. The molecule has 0 aliphatic heterocycles. The molecule has 0 saturated carbocycles. The van der Waals surface area contributed by atoms with Crippen LogP contribution in [0.5, 0.6) is 0 Å². The zero-order valence-corrected chi connectivity index (χ0v) is 8.34. The molecule has 2 N–H and O–H groups in total. The van der Waals surface area contributed by atoms with Crippen molar-refractivity contribution in [2.24, 2.45) is 0 Å². The fourth-order valence-corrected chi connectivity index (χ4v) is 0.957. The lowest BCUT2D eigenvalue weighted by molar-refractivity contribution is 0.0691. The Kier molecular flexibility index (Phi) is 4.02. The van der Waals surface area contributed by atoms with Crippen LogP contribution in [0.2, 0.25) is 0 Å². The monoisotopic (exact) mass is 222 g/mol. The second kappa shape index (κ2) is 5.50. The molecule has 1 rings (SSSR count). The van der Waals surface area contributed by atoms with Crippen LogP contribution in [-0.2, 0) is 4.74 Å². The van der Waals surface area contributed by atoms with Crippen LogP contribution in [0.25, 0.3) is 0 Å². The molecule has 0 fully saturated rings. The van der Waals surface area contributed by atoms with Crippen LogP contribution < -0.4 is 5.32 Å². The van der Waals surface area contributed by atoms with Crippen molar-refractivity contribution in [2.75, 3.05) is 11.9 Å². The molecule has 0 unspecified atom stereocenters.